The molecule has 2 aromatic heterocycles. The molecule has 0 amide bonds. The highest BCUT2D eigenvalue weighted by atomic mass is 32.1. The molecule has 0 aliphatic rings. The van der Waals surface area contributed by atoms with E-state index in [4.69, 9.17) is 11.5 Å². The quantitative estimate of drug-likeness (QED) is 0.594. The van der Waals surface area contributed by atoms with Crippen molar-refractivity contribution in [2.45, 2.75) is 6.92 Å². The lowest BCUT2D eigenvalue weighted by Crippen LogP contribution is -2.21. The number of imidazole rings is 1. The second-order valence-corrected chi connectivity index (χ2v) is 4.18. The summed E-state index contributed by atoms with van der Waals surface area (Å²) in [5, 5.41) is 2.46. The number of guanidine groups is 1. The Morgan fingerprint density at radius 2 is 2.25 bits per heavy atom. The van der Waals surface area contributed by atoms with Gasteiger partial charge in [-0.25, -0.2) is 9.97 Å². The van der Waals surface area contributed by atoms with Crippen LogP contribution in [0, 0.1) is 6.92 Å². The molecule has 2 aromatic rings. The number of hydrogen-bond acceptors (Lipinski definition) is 4. The minimum atomic E-state index is 0.0163. The molecular formula is C9H12N6S. The van der Waals surface area contributed by atoms with E-state index in [1.54, 1.807) is 6.33 Å². The van der Waals surface area contributed by atoms with Gasteiger partial charge in [-0.15, -0.1) is 11.3 Å². The summed E-state index contributed by atoms with van der Waals surface area (Å²) < 4.78 is 1.92. The van der Waals surface area contributed by atoms with E-state index in [1.807, 2.05) is 23.9 Å². The van der Waals surface area contributed by atoms with Crippen LogP contribution < -0.4 is 11.5 Å². The molecule has 0 fully saturated rings. The minimum absolute atomic E-state index is 0.0163. The molecule has 0 spiro atoms. The van der Waals surface area contributed by atoms with Gasteiger partial charge in [-0.1, -0.05) is 0 Å². The Kier molecular flexibility index (Phi) is 2.61. The van der Waals surface area contributed by atoms with E-state index in [2.05, 4.69) is 15.0 Å². The van der Waals surface area contributed by atoms with Crippen LogP contribution in [-0.2, 0) is 7.05 Å². The highest BCUT2D eigenvalue weighted by Gasteiger charge is 2.11. The first kappa shape index (κ1) is 10.6. The lowest BCUT2D eigenvalue weighted by atomic mass is 10.3. The molecule has 84 valence electrons. The van der Waals surface area contributed by atoms with Crippen LogP contribution in [0.15, 0.2) is 16.7 Å². The molecule has 6 nitrogen and oxygen atoms in total. The maximum absolute atomic E-state index is 5.29. The van der Waals surface area contributed by atoms with Gasteiger partial charge in [0.05, 0.1) is 17.7 Å². The number of aliphatic imine (C=N–C) groups is 1. The third-order valence-corrected chi connectivity index (χ3v) is 2.81. The molecule has 2 rings (SSSR count). The predicted molar refractivity (Wildman–Crippen MR) is 64.5 cm³/mol. The molecule has 0 aromatic carbocycles. The summed E-state index contributed by atoms with van der Waals surface area (Å²) in [6.07, 6.45) is 1.75. The van der Waals surface area contributed by atoms with E-state index in [9.17, 15) is 0 Å². The van der Waals surface area contributed by atoms with Crippen LogP contribution in [0.25, 0.3) is 11.4 Å². The molecule has 0 bridgehead atoms. The molecule has 7 heteroatoms. The van der Waals surface area contributed by atoms with Gasteiger partial charge in [0.15, 0.2) is 5.96 Å². The number of thiazole rings is 1. The minimum Gasteiger partial charge on any atom is -0.370 e. The van der Waals surface area contributed by atoms with Crippen molar-refractivity contribution in [1.29, 1.82) is 0 Å². The second-order valence-electron chi connectivity index (χ2n) is 3.34. The fourth-order valence-electron chi connectivity index (χ4n) is 1.45. The number of rotatable bonds is 2. The molecule has 0 radical (unpaired) electrons. The van der Waals surface area contributed by atoms with Gasteiger partial charge < -0.3 is 16.0 Å². The van der Waals surface area contributed by atoms with Gasteiger partial charge in [0.25, 0.3) is 0 Å². The van der Waals surface area contributed by atoms with Crippen molar-refractivity contribution in [3.05, 3.63) is 17.4 Å². The zero-order valence-corrected chi connectivity index (χ0v) is 9.82. The maximum Gasteiger partial charge on any atom is 0.212 e. The first-order valence-electron chi connectivity index (χ1n) is 4.61. The largest absolute Gasteiger partial charge is 0.370 e. The smallest absolute Gasteiger partial charge is 0.212 e. The molecule has 0 atom stereocenters. The number of nitrogens with zero attached hydrogens (tertiary/aromatic N) is 4. The van der Waals surface area contributed by atoms with Crippen molar-refractivity contribution in [2.24, 2.45) is 23.5 Å². The Bertz CT molecular complexity index is 514. The summed E-state index contributed by atoms with van der Waals surface area (Å²) in [4.78, 5) is 12.4. The van der Waals surface area contributed by atoms with Crippen LogP contribution in [0.4, 0.5) is 5.13 Å². The van der Waals surface area contributed by atoms with Crippen molar-refractivity contribution < 1.29 is 0 Å². The Hall–Kier alpha value is -1.89. The lowest BCUT2D eigenvalue weighted by Gasteiger charge is -1.98. The fourth-order valence-corrected chi connectivity index (χ4v) is 2.14. The van der Waals surface area contributed by atoms with Gasteiger partial charge in [-0.05, 0) is 6.92 Å². The van der Waals surface area contributed by atoms with Crippen LogP contribution in [0.3, 0.4) is 0 Å². The standard InChI is InChI=1S/C9H12N6S/c1-5-7(15(2)4-12-5)6-3-16-9(13-6)14-8(10)11/h3-4H,1-2H3,(H4,10,11,13,14). The molecule has 0 saturated carbocycles. The van der Waals surface area contributed by atoms with E-state index in [1.165, 1.54) is 11.3 Å². The first-order valence-corrected chi connectivity index (χ1v) is 5.49. The monoisotopic (exact) mass is 236 g/mol. The molecular weight excluding hydrogens is 224 g/mol. The Labute approximate surface area is 96.7 Å². The summed E-state index contributed by atoms with van der Waals surface area (Å²) in [7, 11) is 1.93. The van der Waals surface area contributed by atoms with E-state index in [0.717, 1.165) is 17.1 Å². The molecule has 4 N–H and O–H groups in total. The van der Waals surface area contributed by atoms with Crippen LogP contribution >= 0.6 is 11.3 Å². The zero-order valence-electron chi connectivity index (χ0n) is 9.01. The zero-order chi connectivity index (χ0) is 11.7. The number of hydrogen-bond donors (Lipinski definition) is 2. The van der Waals surface area contributed by atoms with Gasteiger partial charge in [-0.2, -0.15) is 4.99 Å². The predicted octanol–water partition coefficient (Wildman–Crippen LogP) is 0.757. The van der Waals surface area contributed by atoms with E-state index in [0.29, 0.717) is 5.13 Å². The van der Waals surface area contributed by atoms with Crippen LogP contribution in [0.5, 0.6) is 0 Å². The molecule has 0 aliphatic carbocycles. The first-order chi connectivity index (χ1) is 7.58. The SMILES string of the molecule is Cc1ncn(C)c1-c1csc(N=C(N)N)n1. The van der Waals surface area contributed by atoms with Crippen molar-refractivity contribution in [3.8, 4) is 11.4 Å². The van der Waals surface area contributed by atoms with E-state index in [-0.39, 0.29) is 5.96 Å². The van der Waals surface area contributed by atoms with Crippen LogP contribution in [0.2, 0.25) is 0 Å². The second kappa shape index (κ2) is 3.93. The molecule has 0 aliphatic heterocycles. The molecule has 16 heavy (non-hydrogen) atoms. The number of nitrogens with two attached hydrogens (primary N) is 2. The molecule has 2 heterocycles. The Morgan fingerprint density at radius 3 is 2.81 bits per heavy atom. The van der Waals surface area contributed by atoms with Gasteiger partial charge in [0.2, 0.25) is 5.13 Å². The highest BCUT2D eigenvalue weighted by molar-refractivity contribution is 7.13. The van der Waals surface area contributed by atoms with Gasteiger partial charge in [0.1, 0.15) is 5.69 Å². The van der Waals surface area contributed by atoms with Crippen molar-refractivity contribution in [3.63, 3.8) is 0 Å². The highest BCUT2D eigenvalue weighted by Crippen LogP contribution is 2.27. The van der Waals surface area contributed by atoms with Crippen molar-refractivity contribution >= 4 is 22.4 Å². The third-order valence-electron chi connectivity index (χ3n) is 2.08. The average molecular weight is 236 g/mol. The van der Waals surface area contributed by atoms with Gasteiger partial charge in [0, 0.05) is 12.4 Å². The summed E-state index contributed by atoms with van der Waals surface area (Å²) in [6.45, 7) is 1.94. The summed E-state index contributed by atoms with van der Waals surface area (Å²) in [5.41, 5.74) is 13.3. The average Bonchev–Trinajstić information content (AvgIpc) is 2.73. The number of aryl methyl sites for hydroxylation is 2. The normalized spacial score (nSPS) is 10.4. The molecule has 0 saturated heterocycles. The Balaban J connectivity index is 2.43. The van der Waals surface area contributed by atoms with Gasteiger partial charge in [-0.3, -0.25) is 0 Å². The Morgan fingerprint density at radius 1 is 1.50 bits per heavy atom. The molecule has 0 unspecified atom stereocenters. The van der Waals surface area contributed by atoms with Gasteiger partial charge >= 0.3 is 0 Å². The van der Waals surface area contributed by atoms with E-state index >= 15 is 0 Å². The van der Waals surface area contributed by atoms with E-state index < -0.39 is 0 Å². The summed E-state index contributed by atoms with van der Waals surface area (Å²) >= 11 is 1.39. The topological polar surface area (TPSA) is 95.1 Å². The summed E-state index contributed by atoms with van der Waals surface area (Å²) in [6, 6.07) is 0. The maximum atomic E-state index is 5.29. The third kappa shape index (κ3) is 1.89. The van der Waals surface area contributed by atoms with Crippen LogP contribution in [0.1, 0.15) is 5.69 Å². The van der Waals surface area contributed by atoms with Crippen molar-refractivity contribution in [1.82, 2.24) is 14.5 Å². The lowest BCUT2D eigenvalue weighted by molar-refractivity contribution is 0.917. The number of aromatic nitrogens is 3. The fraction of sp³-hybridized carbons (Fsp3) is 0.222. The van der Waals surface area contributed by atoms with Crippen LogP contribution in [-0.4, -0.2) is 20.5 Å². The van der Waals surface area contributed by atoms with Crippen molar-refractivity contribution in [2.75, 3.05) is 0 Å². The summed E-state index contributed by atoms with van der Waals surface area (Å²) in [5.74, 6) is 0.0163.